The fourth-order valence-corrected chi connectivity index (χ4v) is 2.04. The van der Waals surface area contributed by atoms with E-state index in [-0.39, 0.29) is 0 Å². The number of benzene rings is 2. The molecule has 0 saturated heterocycles. The van der Waals surface area contributed by atoms with Gasteiger partial charge in [-0.25, -0.2) is 0 Å². The van der Waals surface area contributed by atoms with Crippen LogP contribution in [0.3, 0.4) is 0 Å². The molecule has 2 aromatic carbocycles. The molecular formula is C13H14ClNO. The highest BCUT2D eigenvalue weighted by Crippen LogP contribution is 2.29. The van der Waals surface area contributed by atoms with E-state index in [0.717, 1.165) is 28.1 Å². The molecule has 0 heterocycles. The molecule has 0 aliphatic heterocycles. The average molecular weight is 236 g/mol. The summed E-state index contributed by atoms with van der Waals surface area (Å²) < 4.78 is 5.18. The van der Waals surface area contributed by atoms with Gasteiger partial charge in [0.05, 0.1) is 12.1 Å². The van der Waals surface area contributed by atoms with Crippen molar-refractivity contribution in [3.8, 4) is 5.75 Å². The van der Waals surface area contributed by atoms with Gasteiger partial charge < -0.3 is 10.1 Å². The first-order valence-electron chi connectivity index (χ1n) is 5.15. The Balaban J connectivity index is 2.56. The first-order chi connectivity index (χ1) is 7.74. The van der Waals surface area contributed by atoms with Crippen molar-refractivity contribution in [3.05, 3.63) is 40.9 Å². The molecule has 0 unspecified atom stereocenters. The number of rotatable bonds is 3. The Labute approximate surface area is 100 Å². The molecule has 2 nitrogen and oxygen atoms in total. The fraction of sp³-hybridized carbons (Fsp3) is 0.231. The quantitative estimate of drug-likeness (QED) is 0.882. The van der Waals surface area contributed by atoms with E-state index < -0.39 is 0 Å². The largest absolute Gasteiger partial charge is 0.497 e. The SMILES string of the molecule is CNCc1ccc2cc(OC)cc(Cl)c2c1. The predicted molar refractivity (Wildman–Crippen MR) is 68.3 cm³/mol. The lowest BCUT2D eigenvalue weighted by Crippen LogP contribution is -2.04. The molecule has 0 bridgehead atoms. The zero-order valence-electron chi connectivity index (χ0n) is 9.38. The average Bonchev–Trinajstić information content (AvgIpc) is 2.30. The van der Waals surface area contributed by atoms with E-state index in [1.165, 1.54) is 5.56 Å². The number of fused-ring (bicyclic) bond motifs is 1. The maximum Gasteiger partial charge on any atom is 0.120 e. The van der Waals surface area contributed by atoms with Crippen molar-refractivity contribution in [1.82, 2.24) is 5.32 Å². The van der Waals surface area contributed by atoms with Crippen molar-refractivity contribution in [1.29, 1.82) is 0 Å². The topological polar surface area (TPSA) is 21.3 Å². The summed E-state index contributed by atoms with van der Waals surface area (Å²) in [6.45, 7) is 0.846. The monoisotopic (exact) mass is 235 g/mol. The molecule has 0 spiro atoms. The summed E-state index contributed by atoms with van der Waals surface area (Å²) in [7, 11) is 3.58. The summed E-state index contributed by atoms with van der Waals surface area (Å²) in [4.78, 5) is 0. The van der Waals surface area contributed by atoms with E-state index >= 15 is 0 Å². The number of hydrogen-bond donors (Lipinski definition) is 1. The summed E-state index contributed by atoms with van der Waals surface area (Å²) in [5.41, 5.74) is 1.22. The first kappa shape index (κ1) is 11.2. The van der Waals surface area contributed by atoms with Crippen LogP contribution in [0.25, 0.3) is 10.8 Å². The molecule has 16 heavy (non-hydrogen) atoms. The molecule has 84 valence electrons. The van der Waals surface area contributed by atoms with E-state index in [0.29, 0.717) is 0 Å². The summed E-state index contributed by atoms with van der Waals surface area (Å²) >= 11 is 6.21. The summed E-state index contributed by atoms with van der Waals surface area (Å²) in [6.07, 6.45) is 0. The molecule has 0 radical (unpaired) electrons. The maximum absolute atomic E-state index is 6.21. The Morgan fingerprint density at radius 2 is 2.06 bits per heavy atom. The van der Waals surface area contributed by atoms with E-state index in [4.69, 9.17) is 16.3 Å². The van der Waals surface area contributed by atoms with Crippen LogP contribution in [0.1, 0.15) is 5.56 Å². The lowest BCUT2D eigenvalue weighted by atomic mass is 10.1. The predicted octanol–water partition coefficient (Wildman–Crippen LogP) is 3.22. The number of methoxy groups -OCH3 is 1. The highest BCUT2D eigenvalue weighted by molar-refractivity contribution is 6.35. The van der Waals surface area contributed by atoms with Crippen LogP contribution in [0, 0.1) is 0 Å². The van der Waals surface area contributed by atoms with Crippen LogP contribution in [-0.4, -0.2) is 14.2 Å². The van der Waals surface area contributed by atoms with Crippen LogP contribution in [-0.2, 0) is 6.54 Å². The van der Waals surface area contributed by atoms with Gasteiger partial charge in [-0.15, -0.1) is 0 Å². The molecule has 0 atom stereocenters. The Morgan fingerprint density at radius 3 is 2.75 bits per heavy atom. The van der Waals surface area contributed by atoms with Crippen molar-refractivity contribution in [2.75, 3.05) is 14.2 Å². The smallest absolute Gasteiger partial charge is 0.120 e. The minimum Gasteiger partial charge on any atom is -0.497 e. The molecular weight excluding hydrogens is 222 g/mol. The van der Waals surface area contributed by atoms with E-state index in [1.807, 2.05) is 19.2 Å². The van der Waals surface area contributed by atoms with Gasteiger partial charge in [-0.1, -0.05) is 23.7 Å². The van der Waals surface area contributed by atoms with Gasteiger partial charge in [0, 0.05) is 11.9 Å². The van der Waals surface area contributed by atoms with Crippen molar-refractivity contribution in [2.24, 2.45) is 0 Å². The second-order valence-corrected chi connectivity index (χ2v) is 4.10. The number of ether oxygens (including phenoxy) is 1. The van der Waals surface area contributed by atoms with Crippen LogP contribution in [0.5, 0.6) is 5.75 Å². The summed E-state index contributed by atoms with van der Waals surface area (Å²) in [5, 5.41) is 6.02. The van der Waals surface area contributed by atoms with Crippen molar-refractivity contribution in [2.45, 2.75) is 6.54 Å². The third kappa shape index (κ3) is 2.13. The Hall–Kier alpha value is -1.25. The number of halogens is 1. The molecule has 3 heteroatoms. The molecule has 0 amide bonds. The van der Waals surface area contributed by atoms with Gasteiger partial charge in [-0.3, -0.25) is 0 Å². The number of nitrogens with one attached hydrogen (secondary N) is 1. The van der Waals surface area contributed by atoms with Crippen LogP contribution in [0.4, 0.5) is 0 Å². The van der Waals surface area contributed by atoms with Gasteiger partial charge in [-0.05, 0) is 36.2 Å². The van der Waals surface area contributed by atoms with Crippen LogP contribution in [0.2, 0.25) is 5.02 Å². The van der Waals surface area contributed by atoms with Gasteiger partial charge >= 0.3 is 0 Å². The molecule has 0 fully saturated rings. The van der Waals surface area contributed by atoms with Gasteiger partial charge in [0.2, 0.25) is 0 Å². The fourth-order valence-electron chi connectivity index (χ4n) is 1.77. The van der Waals surface area contributed by atoms with Crippen molar-refractivity contribution in [3.63, 3.8) is 0 Å². The highest BCUT2D eigenvalue weighted by atomic mass is 35.5. The van der Waals surface area contributed by atoms with E-state index in [9.17, 15) is 0 Å². The molecule has 2 aromatic rings. The second-order valence-electron chi connectivity index (χ2n) is 3.70. The minimum atomic E-state index is 0.729. The maximum atomic E-state index is 6.21. The van der Waals surface area contributed by atoms with E-state index in [2.05, 4.69) is 23.5 Å². The first-order valence-corrected chi connectivity index (χ1v) is 5.53. The van der Waals surface area contributed by atoms with Crippen LogP contribution >= 0.6 is 11.6 Å². The van der Waals surface area contributed by atoms with Gasteiger partial charge in [0.15, 0.2) is 0 Å². The summed E-state index contributed by atoms with van der Waals surface area (Å²) in [5.74, 6) is 0.791. The third-order valence-corrected chi connectivity index (χ3v) is 2.87. The lowest BCUT2D eigenvalue weighted by Gasteiger charge is -2.07. The minimum absolute atomic E-state index is 0.729. The van der Waals surface area contributed by atoms with Gasteiger partial charge in [-0.2, -0.15) is 0 Å². The van der Waals surface area contributed by atoms with Crippen LogP contribution < -0.4 is 10.1 Å². The molecule has 1 N–H and O–H groups in total. The van der Waals surface area contributed by atoms with Gasteiger partial charge in [0.1, 0.15) is 5.75 Å². The Kier molecular flexibility index (Phi) is 3.32. The zero-order valence-corrected chi connectivity index (χ0v) is 10.1. The lowest BCUT2D eigenvalue weighted by molar-refractivity contribution is 0.415. The standard InChI is InChI=1S/C13H14ClNO/c1-15-8-9-3-4-10-6-11(16-2)7-13(14)12(10)5-9/h3-7,15H,8H2,1-2H3. The molecule has 0 saturated carbocycles. The van der Waals surface area contributed by atoms with Crippen LogP contribution in [0.15, 0.2) is 30.3 Å². The highest BCUT2D eigenvalue weighted by Gasteiger charge is 2.03. The third-order valence-electron chi connectivity index (χ3n) is 2.56. The van der Waals surface area contributed by atoms with E-state index in [1.54, 1.807) is 7.11 Å². The Morgan fingerprint density at radius 1 is 1.25 bits per heavy atom. The normalized spacial score (nSPS) is 10.7. The van der Waals surface area contributed by atoms with Crippen molar-refractivity contribution < 1.29 is 4.74 Å². The zero-order chi connectivity index (χ0) is 11.5. The van der Waals surface area contributed by atoms with Crippen molar-refractivity contribution >= 4 is 22.4 Å². The molecule has 0 aliphatic carbocycles. The molecule has 2 rings (SSSR count). The number of hydrogen-bond acceptors (Lipinski definition) is 2. The molecule has 0 aliphatic rings. The second kappa shape index (κ2) is 4.73. The Bertz CT molecular complexity index is 511. The van der Waals surface area contributed by atoms with Gasteiger partial charge in [0.25, 0.3) is 0 Å². The molecule has 0 aromatic heterocycles. The summed E-state index contributed by atoms with van der Waals surface area (Å²) in [6, 6.07) is 10.1.